The van der Waals surface area contributed by atoms with Crippen molar-refractivity contribution < 1.29 is 4.79 Å². The molecule has 1 amide bonds. The zero-order valence-corrected chi connectivity index (χ0v) is 12.6. The summed E-state index contributed by atoms with van der Waals surface area (Å²) in [5.74, 6) is 1.27. The number of hydrogen-bond acceptors (Lipinski definition) is 4. The molecule has 0 aromatic carbocycles. The Morgan fingerprint density at radius 3 is 2.82 bits per heavy atom. The van der Waals surface area contributed by atoms with Crippen molar-refractivity contribution in [2.45, 2.75) is 30.6 Å². The third kappa shape index (κ3) is 6.38. The smallest absolute Gasteiger partial charge is 0.261 e. The van der Waals surface area contributed by atoms with E-state index in [4.69, 9.17) is 0 Å². The zero-order chi connectivity index (χ0) is 12.5. The molecule has 1 heterocycles. The Morgan fingerprint density at radius 2 is 2.18 bits per heavy atom. The fraction of sp³-hybridized carbons (Fsp3) is 0.583. The Morgan fingerprint density at radius 1 is 1.41 bits per heavy atom. The summed E-state index contributed by atoms with van der Waals surface area (Å²) in [4.78, 5) is 13.3. The zero-order valence-electron chi connectivity index (χ0n) is 10.1. The Bertz CT molecular complexity index is 338. The average molecular weight is 289 g/mol. The monoisotopic (exact) mass is 289 g/mol. The van der Waals surface area contributed by atoms with Crippen LogP contribution in [-0.4, -0.2) is 24.5 Å². The molecule has 0 saturated carbocycles. The van der Waals surface area contributed by atoms with Crippen molar-refractivity contribution in [2.75, 3.05) is 18.6 Å². The molecule has 0 aliphatic carbocycles. The van der Waals surface area contributed by atoms with Crippen LogP contribution in [-0.2, 0) is 0 Å². The number of thioether (sulfide) groups is 1. The predicted molar refractivity (Wildman–Crippen MR) is 80.8 cm³/mol. The van der Waals surface area contributed by atoms with Crippen molar-refractivity contribution >= 4 is 41.6 Å². The van der Waals surface area contributed by atoms with Crippen molar-refractivity contribution in [3.05, 3.63) is 16.3 Å². The molecule has 1 rings (SSSR count). The minimum atomic E-state index is 0.0272. The first-order chi connectivity index (χ1) is 8.24. The van der Waals surface area contributed by atoms with Gasteiger partial charge in [0.2, 0.25) is 0 Å². The van der Waals surface area contributed by atoms with Gasteiger partial charge in [0.1, 0.15) is 0 Å². The molecule has 0 saturated heterocycles. The van der Waals surface area contributed by atoms with Gasteiger partial charge in [0, 0.05) is 16.8 Å². The van der Waals surface area contributed by atoms with E-state index >= 15 is 0 Å². The van der Waals surface area contributed by atoms with E-state index in [1.165, 1.54) is 36.4 Å². The third-order valence-corrected chi connectivity index (χ3v) is 4.43. The van der Waals surface area contributed by atoms with Gasteiger partial charge in [0.25, 0.3) is 5.91 Å². The minimum Gasteiger partial charge on any atom is -0.351 e. The fourth-order valence-corrected chi connectivity index (χ4v) is 3.02. The lowest BCUT2D eigenvalue weighted by Gasteiger charge is -2.03. The Balaban J connectivity index is 2.05. The van der Waals surface area contributed by atoms with Crippen LogP contribution in [0.3, 0.4) is 0 Å². The molecule has 0 spiro atoms. The van der Waals surface area contributed by atoms with Crippen LogP contribution in [0.4, 0.5) is 0 Å². The van der Waals surface area contributed by atoms with Gasteiger partial charge in [-0.1, -0.05) is 12.8 Å². The molecule has 0 bridgehead atoms. The van der Waals surface area contributed by atoms with Gasteiger partial charge in [-0.05, 0) is 30.9 Å². The molecular formula is C12H19NOS3. The molecule has 96 valence electrons. The number of carbonyl (C=O) groups is 1. The summed E-state index contributed by atoms with van der Waals surface area (Å²) in [7, 11) is 0. The number of unbranched alkanes of at least 4 members (excludes halogenated alkanes) is 3. The first kappa shape index (κ1) is 14.9. The van der Waals surface area contributed by atoms with Crippen LogP contribution >= 0.6 is 35.7 Å². The van der Waals surface area contributed by atoms with E-state index in [-0.39, 0.29) is 5.91 Å². The first-order valence-corrected chi connectivity index (χ1v) is 8.50. The minimum absolute atomic E-state index is 0.0272. The maximum absolute atomic E-state index is 11.7. The molecule has 1 N–H and O–H groups in total. The number of nitrogens with one attached hydrogen (secondary N) is 1. The summed E-state index contributed by atoms with van der Waals surface area (Å²) < 4.78 is 0. The predicted octanol–water partition coefficient (Wildman–Crippen LogP) is 3.69. The van der Waals surface area contributed by atoms with Gasteiger partial charge in [-0.15, -0.1) is 24.0 Å². The summed E-state index contributed by atoms with van der Waals surface area (Å²) in [5, 5.41) is 4.81. The van der Waals surface area contributed by atoms with E-state index in [1.807, 2.05) is 23.2 Å². The lowest BCUT2D eigenvalue weighted by atomic mass is 10.2. The highest BCUT2D eigenvalue weighted by Crippen LogP contribution is 2.17. The molecule has 1 aromatic heterocycles. The highest BCUT2D eigenvalue weighted by Gasteiger charge is 2.06. The van der Waals surface area contributed by atoms with Crippen molar-refractivity contribution in [1.29, 1.82) is 0 Å². The highest BCUT2D eigenvalue weighted by molar-refractivity contribution is 7.98. The van der Waals surface area contributed by atoms with Crippen LogP contribution in [0.2, 0.25) is 0 Å². The summed E-state index contributed by atoms with van der Waals surface area (Å²) >= 11 is 7.52. The number of thiophene rings is 1. The molecule has 0 aliphatic rings. The Hall–Kier alpha value is -0.130. The van der Waals surface area contributed by atoms with Gasteiger partial charge in [-0.2, -0.15) is 11.8 Å². The number of amides is 1. The molecule has 17 heavy (non-hydrogen) atoms. The highest BCUT2D eigenvalue weighted by atomic mass is 32.2. The molecule has 0 unspecified atom stereocenters. The van der Waals surface area contributed by atoms with Gasteiger partial charge >= 0.3 is 0 Å². The number of rotatable bonds is 8. The molecule has 5 heteroatoms. The van der Waals surface area contributed by atoms with Crippen LogP contribution in [0.25, 0.3) is 0 Å². The lowest BCUT2D eigenvalue weighted by molar-refractivity contribution is 0.0957. The van der Waals surface area contributed by atoms with Crippen LogP contribution in [0.5, 0.6) is 0 Å². The van der Waals surface area contributed by atoms with Crippen LogP contribution in [0.1, 0.15) is 35.4 Å². The normalized spacial score (nSPS) is 10.5. The standard InChI is InChI=1S/C12H19NOS3/c1-16-7-5-3-2-4-6-13-12(14)11-8-10(15)9-17-11/h8-9,15H,2-7H2,1H3,(H,13,14). The molecule has 0 aliphatic heterocycles. The molecule has 0 radical (unpaired) electrons. The number of carbonyl (C=O) groups excluding carboxylic acids is 1. The number of thiol groups is 1. The maximum Gasteiger partial charge on any atom is 0.261 e. The molecule has 0 fully saturated rings. The largest absolute Gasteiger partial charge is 0.351 e. The van der Waals surface area contributed by atoms with Gasteiger partial charge in [0.05, 0.1) is 4.88 Å². The van der Waals surface area contributed by atoms with Crippen molar-refractivity contribution in [3.8, 4) is 0 Å². The molecule has 0 atom stereocenters. The topological polar surface area (TPSA) is 29.1 Å². The van der Waals surface area contributed by atoms with E-state index in [0.717, 1.165) is 22.7 Å². The third-order valence-electron chi connectivity index (χ3n) is 2.37. The van der Waals surface area contributed by atoms with E-state index in [2.05, 4.69) is 24.2 Å². The SMILES string of the molecule is CSCCCCCCNC(=O)c1cc(S)cs1. The second-order valence-electron chi connectivity index (χ2n) is 3.83. The fourth-order valence-electron chi connectivity index (χ4n) is 1.46. The summed E-state index contributed by atoms with van der Waals surface area (Å²) in [6, 6.07) is 1.81. The second-order valence-corrected chi connectivity index (χ2v) is 6.25. The van der Waals surface area contributed by atoms with Crippen LogP contribution in [0, 0.1) is 0 Å². The summed E-state index contributed by atoms with van der Waals surface area (Å²) in [5.41, 5.74) is 0. The van der Waals surface area contributed by atoms with Crippen molar-refractivity contribution in [1.82, 2.24) is 5.32 Å². The van der Waals surface area contributed by atoms with Crippen molar-refractivity contribution in [2.24, 2.45) is 0 Å². The van der Waals surface area contributed by atoms with Crippen LogP contribution < -0.4 is 5.32 Å². The average Bonchev–Trinajstić information content (AvgIpc) is 2.74. The van der Waals surface area contributed by atoms with E-state index in [1.54, 1.807) is 0 Å². The first-order valence-electron chi connectivity index (χ1n) is 5.78. The molecular weight excluding hydrogens is 270 g/mol. The Labute approximate surface area is 117 Å². The summed E-state index contributed by atoms with van der Waals surface area (Å²) in [6.45, 7) is 0.776. The number of hydrogen-bond donors (Lipinski definition) is 2. The van der Waals surface area contributed by atoms with Gasteiger partial charge in [-0.25, -0.2) is 0 Å². The molecule has 2 nitrogen and oxygen atoms in total. The van der Waals surface area contributed by atoms with E-state index < -0.39 is 0 Å². The lowest BCUT2D eigenvalue weighted by Crippen LogP contribution is -2.23. The summed E-state index contributed by atoms with van der Waals surface area (Å²) in [6.07, 6.45) is 6.94. The van der Waals surface area contributed by atoms with E-state index in [9.17, 15) is 4.79 Å². The van der Waals surface area contributed by atoms with Gasteiger partial charge in [-0.3, -0.25) is 4.79 Å². The van der Waals surface area contributed by atoms with Gasteiger partial charge < -0.3 is 5.32 Å². The van der Waals surface area contributed by atoms with Gasteiger partial charge in [0.15, 0.2) is 0 Å². The quantitative estimate of drug-likeness (QED) is 0.564. The van der Waals surface area contributed by atoms with Crippen LogP contribution in [0.15, 0.2) is 16.3 Å². The molecule has 1 aromatic rings. The Kier molecular flexibility index (Phi) is 7.81. The van der Waals surface area contributed by atoms with E-state index in [0.29, 0.717) is 0 Å². The van der Waals surface area contributed by atoms with Crippen molar-refractivity contribution in [3.63, 3.8) is 0 Å². The second kappa shape index (κ2) is 8.89. The maximum atomic E-state index is 11.7.